The van der Waals surface area contributed by atoms with Gasteiger partial charge in [0, 0.05) is 17.9 Å². The second-order valence-electron chi connectivity index (χ2n) is 5.47. The third-order valence-electron chi connectivity index (χ3n) is 4.19. The predicted molar refractivity (Wildman–Crippen MR) is 86.7 cm³/mol. The summed E-state index contributed by atoms with van der Waals surface area (Å²) in [6.45, 7) is 0. The van der Waals surface area contributed by atoms with Crippen molar-refractivity contribution in [3.8, 4) is 11.5 Å². The predicted octanol–water partition coefficient (Wildman–Crippen LogP) is 3.39. The average molecular weight is 319 g/mol. The monoisotopic (exact) mass is 319 g/mol. The zero-order chi connectivity index (χ0) is 15.5. The molecule has 0 bridgehead atoms. The Morgan fingerprint density at radius 3 is 2.59 bits per heavy atom. The fourth-order valence-electron chi connectivity index (χ4n) is 2.58. The minimum absolute atomic E-state index is 0.609. The van der Waals surface area contributed by atoms with Crippen LogP contribution < -0.4 is 9.47 Å². The quantitative estimate of drug-likeness (QED) is 0.764. The highest BCUT2D eigenvalue weighted by Gasteiger charge is 2.25. The summed E-state index contributed by atoms with van der Waals surface area (Å²) >= 11 is 1.73. The SMILES string of the molecule is COc1ccc(SCc2nnc(C3CCC3)n2C)cc1OC. The van der Waals surface area contributed by atoms with Gasteiger partial charge in [-0.1, -0.05) is 6.42 Å². The van der Waals surface area contributed by atoms with Gasteiger partial charge in [-0.25, -0.2) is 0 Å². The first kappa shape index (κ1) is 15.2. The maximum Gasteiger partial charge on any atom is 0.161 e. The van der Waals surface area contributed by atoms with Crippen molar-refractivity contribution in [2.24, 2.45) is 7.05 Å². The van der Waals surface area contributed by atoms with Gasteiger partial charge in [-0.2, -0.15) is 0 Å². The molecule has 1 fully saturated rings. The normalized spacial score (nSPS) is 14.7. The lowest BCUT2D eigenvalue weighted by molar-refractivity contribution is 0.354. The van der Waals surface area contributed by atoms with Gasteiger partial charge in [0.25, 0.3) is 0 Å². The first-order valence-corrected chi connectivity index (χ1v) is 8.44. The van der Waals surface area contributed by atoms with Crippen LogP contribution in [0.5, 0.6) is 11.5 Å². The van der Waals surface area contributed by atoms with E-state index in [9.17, 15) is 0 Å². The largest absolute Gasteiger partial charge is 0.493 e. The van der Waals surface area contributed by atoms with E-state index in [1.54, 1.807) is 26.0 Å². The molecule has 0 N–H and O–H groups in total. The van der Waals surface area contributed by atoms with Crippen molar-refractivity contribution < 1.29 is 9.47 Å². The van der Waals surface area contributed by atoms with Gasteiger partial charge in [0.2, 0.25) is 0 Å². The van der Waals surface area contributed by atoms with Crippen LogP contribution in [0, 0.1) is 0 Å². The number of ether oxygens (including phenoxy) is 2. The van der Waals surface area contributed by atoms with E-state index in [-0.39, 0.29) is 0 Å². The Kier molecular flexibility index (Phi) is 4.57. The highest BCUT2D eigenvalue weighted by Crippen LogP contribution is 2.36. The van der Waals surface area contributed by atoms with Crippen LogP contribution in [0.2, 0.25) is 0 Å². The summed E-state index contributed by atoms with van der Waals surface area (Å²) in [5, 5.41) is 8.71. The summed E-state index contributed by atoms with van der Waals surface area (Å²) in [5.74, 6) is 5.05. The second-order valence-corrected chi connectivity index (χ2v) is 6.52. The number of rotatable bonds is 6. The van der Waals surface area contributed by atoms with Gasteiger partial charge in [-0.05, 0) is 31.0 Å². The van der Waals surface area contributed by atoms with Crippen LogP contribution in [0.4, 0.5) is 0 Å². The summed E-state index contributed by atoms with van der Waals surface area (Å²) in [6.07, 6.45) is 3.80. The molecule has 22 heavy (non-hydrogen) atoms. The highest BCUT2D eigenvalue weighted by molar-refractivity contribution is 7.98. The van der Waals surface area contributed by atoms with Gasteiger partial charge in [0.05, 0.1) is 20.0 Å². The molecule has 0 atom stereocenters. The van der Waals surface area contributed by atoms with E-state index in [0.29, 0.717) is 5.92 Å². The minimum atomic E-state index is 0.609. The van der Waals surface area contributed by atoms with Crippen LogP contribution in [0.25, 0.3) is 0 Å². The second kappa shape index (κ2) is 6.60. The van der Waals surface area contributed by atoms with Crippen molar-refractivity contribution in [1.82, 2.24) is 14.8 Å². The zero-order valence-corrected chi connectivity index (χ0v) is 14.0. The average Bonchev–Trinajstić information content (AvgIpc) is 2.84. The van der Waals surface area contributed by atoms with E-state index in [0.717, 1.165) is 33.8 Å². The Balaban J connectivity index is 1.68. The van der Waals surface area contributed by atoms with Crippen LogP contribution in [0.15, 0.2) is 23.1 Å². The van der Waals surface area contributed by atoms with Crippen LogP contribution >= 0.6 is 11.8 Å². The molecule has 1 saturated carbocycles. The topological polar surface area (TPSA) is 49.2 Å². The maximum atomic E-state index is 5.34. The molecule has 6 heteroatoms. The van der Waals surface area contributed by atoms with Crippen molar-refractivity contribution in [3.05, 3.63) is 29.8 Å². The number of thioether (sulfide) groups is 1. The number of hydrogen-bond donors (Lipinski definition) is 0. The van der Waals surface area contributed by atoms with Crippen molar-refractivity contribution >= 4 is 11.8 Å². The van der Waals surface area contributed by atoms with Crippen LogP contribution in [-0.2, 0) is 12.8 Å². The zero-order valence-electron chi connectivity index (χ0n) is 13.2. The summed E-state index contributed by atoms with van der Waals surface area (Å²) in [7, 11) is 5.37. The number of benzene rings is 1. The molecule has 1 aromatic heterocycles. The van der Waals surface area contributed by atoms with E-state index in [2.05, 4.69) is 21.8 Å². The Hall–Kier alpha value is -1.69. The van der Waals surface area contributed by atoms with Crippen LogP contribution in [0.3, 0.4) is 0 Å². The van der Waals surface area contributed by atoms with E-state index in [4.69, 9.17) is 9.47 Å². The molecule has 0 aliphatic heterocycles. The molecule has 3 rings (SSSR count). The first-order valence-electron chi connectivity index (χ1n) is 7.46. The van der Waals surface area contributed by atoms with Crippen LogP contribution in [0.1, 0.15) is 36.8 Å². The lowest BCUT2D eigenvalue weighted by Crippen LogP contribution is -2.14. The molecular formula is C16H21N3O2S. The molecule has 1 heterocycles. The fourth-order valence-corrected chi connectivity index (χ4v) is 3.48. The third kappa shape index (κ3) is 2.92. The molecule has 2 aromatic rings. The molecule has 0 saturated heterocycles. The van der Waals surface area contributed by atoms with E-state index in [1.165, 1.54) is 19.3 Å². The van der Waals surface area contributed by atoms with Gasteiger partial charge >= 0.3 is 0 Å². The molecule has 0 spiro atoms. The van der Waals surface area contributed by atoms with Crippen molar-refractivity contribution in [1.29, 1.82) is 0 Å². The molecule has 0 unspecified atom stereocenters. The Bertz CT molecular complexity index is 653. The molecule has 1 aliphatic carbocycles. The molecule has 0 amide bonds. The van der Waals surface area contributed by atoms with E-state index in [1.807, 2.05) is 18.2 Å². The number of methoxy groups -OCH3 is 2. The minimum Gasteiger partial charge on any atom is -0.493 e. The van der Waals surface area contributed by atoms with Crippen molar-refractivity contribution in [2.45, 2.75) is 35.8 Å². The Labute approximate surface area is 135 Å². The summed E-state index contributed by atoms with van der Waals surface area (Å²) in [6, 6.07) is 5.96. The molecule has 1 aromatic carbocycles. The van der Waals surface area contributed by atoms with Crippen LogP contribution in [-0.4, -0.2) is 29.0 Å². The van der Waals surface area contributed by atoms with Crippen molar-refractivity contribution in [3.63, 3.8) is 0 Å². The summed E-state index contributed by atoms with van der Waals surface area (Å²) in [5.41, 5.74) is 0. The fraction of sp³-hybridized carbons (Fsp3) is 0.500. The van der Waals surface area contributed by atoms with Gasteiger partial charge in [-0.3, -0.25) is 0 Å². The van der Waals surface area contributed by atoms with Gasteiger partial charge in [0.1, 0.15) is 11.6 Å². The standard InChI is InChI=1S/C16H21N3O2S/c1-19-15(17-18-16(19)11-5-4-6-11)10-22-12-7-8-13(20-2)14(9-12)21-3/h7-9,11H,4-6,10H2,1-3H3. The maximum absolute atomic E-state index is 5.34. The van der Waals surface area contributed by atoms with Gasteiger partial charge < -0.3 is 14.0 Å². The van der Waals surface area contributed by atoms with E-state index < -0.39 is 0 Å². The summed E-state index contributed by atoms with van der Waals surface area (Å²) < 4.78 is 12.8. The number of hydrogen-bond acceptors (Lipinski definition) is 5. The van der Waals surface area contributed by atoms with E-state index >= 15 is 0 Å². The molecular weight excluding hydrogens is 298 g/mol. The molecule has 5 nitrogen and oxygen atoms in total. The van der Waals surface area contributed by atoms with Gasteiger partial charge in [0.15, 0.2) is 11.5 Å². The molecule has 0 radical (unpaired) electrons. The highest BCUT2D eigenvalue weighted by atomic mass is 32.2. The third-order valence-corrected chi connectivity index (χ3v) is 5.18. The Morgan fingerprint density at radius 1 is 1.18 bits per heavy atom. The molecule has 1 aliphatic rings. The van der Waals surface area contributed by atoms with Gasteiger partial charge in [-0.15, -0.1) is 22.0 Å². The smallest absolute Gasteiger partial charge is 0.161 e. The number of nitrogens with zero attached hydrogens (tertiary/aromatic N) is 3. The Morgan fingerprint density at radius 2 is 1.95 bits per heavy atom. The lowest BCUT2D eigenvalue weighted by atomic mass is 9.85. The van der Waals surface area contributed by atoms with Crippen molar-refractivity contribution in [2.75, 3.05) is 14.2 Å². The number of aromatic nitrogens is 3. The lowest BCUT2D eigenvalue weighted by Gasteiger charge is -2.24. The summed E-state index contributed by atoms with van der Waals surface area (Å²) in [4.78, 5) is 1.13. The molecule has 118 valence electrons. The first-order chi connectivity index (χ1) is 10.7.